The third kappa shape index (κ3) is 4.26. The SMILES string of the molecule is CC(NC(=O)Nc1cnc(C(C)(C)C)nc1)c1cccs1. The van der Waals surface area contributed by atoms with E-state index in [1.54, 1.807) is 23.7 Å². The van der Waals surface area contributed by atoms with Crippen LogP contribution in [0.25, 0.3) is 0 Å². The molecule has 2 aromatic heterocycles. The van der Waals surface area contributed by atoms with Gasteiger partial charge in [0.15, 0.2) is 0 Å². The standard InChI is InChI=1S/C15H20N4OS/c1-10(12-6-5-7-21-12)18-14(20)19-11-8-16-13(17-9-11)15(2,3)4/h5-10H,1-4H3,(H2,18,19,20). The summed E-state index contributed by atoms with van der Waals surface area (Å²) in [5, 5.41) is 7.61. The molecule has 0 saturated heterocycles. The van der Waals surface area contributed by atoms with Crippen LogP contribution in [0.2, 0.25) is 0 Å². The molecular formula is C15H20N4OS. The van der Waals surface area contributed by atoms with Crippen LogP contribution in [0, 0.1) is 0 Å². The Morgan fingerprint density at radius 2 is 1.95 bits per heavy atom. The number of aromatic nitrogens is 2. The van der Waals surface area contributed by atoms with Gasteiger partial charge in [0.1, 0.15) is 5.82 Å². The number of carbonyl (C=O) groups excluding carboxylic acids is 1. The van der Waals surface area contributed by atoms with Gasteiger partial charge in [0, 0.05) is 10.3 Å². The van der Waals surface area contributed by atoms with Crippen molar-refractivity contribution >= 4 is 23.1 Å². The fourth-order valence-electron chi connectivity index (χ4n) is 1.75. The quantitative estimate of drug-likeness (QED) is 0.908. The molecule has 21 heavy (non-hydrogen) atoms. The maximum absolute atomic E-state index is 11.9. The number of anilines is 1. The number of carbonyl (C=O) groups is 1. The molecule has 0 aliphatic rings. The Labute approximate surface area is 128 Å². The molecule has 2 rings (SSSR count). The van der Waals surface area contributed by atoms with E-state index in [2.05, 4.69) is 20.6 Å². The molecule has 6 heteroatoms. The summed E-state index contributed by atoms with van der Waals surface area (Å²) in [4.78, 5) is 21.6. The van der Waals surface area contributed by atoms with E-state index in [0.29, 0.717) is 5.69 Å². The minimum absolute atomic E-state index is 0.0280. The van der Waals surface area contributed by atoms with Crippen molar-refractivity contribution in [2.75, 3.05) is 5.32 Å². The molecule has 2 N–H and O–H groups in total. The predicted molar refractivity (Wildman–Crippen MR) is 85.6 cm³/mol. The number of urea groups is 1. The van der Waals surface area contributed by atoms with Gasteiger partial charge in [-0.2, -0.15) is 0 Å². The molecule has 1 atom stereocenters. The zero-order valence-corrected chi connectivity index (χ0v) is 13.5. The first-order valence-corrected chi connectivity index (χ1v) is 7.67. The third-order valence-electron chi connectivity index (χ3n) is 2.90. The van der Waals surface area contributed by atoms with Crippen molar-refractivity contribution in [3.63, 3.8) is 0 Å². The summed E-state index contributed by atoms with van der Waals surface area (Å²) >= 11 is 1.62. The number of hydrogen-bond donors (Lipinski definition) is 2. The van der Waals surface area contributed by atoms with Gasteiger partial charge in [-0.3, -0.25) is 0 Å². The molecule has 2 amide bonds. The van der Waals surface area contributed by atoms with E-state index in [0.717, 1.165) is 10.7 Å². The van der Waals surface area contributed by atoms with E-state index >= 15 is 0 Å². The second kappa shape index (κ2) is 6.22. The second-order valence-electron chi connectivity index (χ2n) is 5.88. The van der Waals surface area contributed by atoms with E-state index in [1.807, 2.05) is 45.2 Å². The molecule has 0 saturated carbocycles. The van der Waals surface area contributed by atoms with Crippen LogP contribution in [0.1, 0.15) is 44.4 Å². The van der Waals surface area contributed by atoms with Gasteiger partial charge in [-0.1, -0.05) is 26.8 Å². The van der Waals surface area contributed by atoms with E-state index < -0.39 is 0 Å². The van der Waals surface area contributed by atoms with Gasteiger partial charge in [-0.05, 0) is 18.4 Å². The van der Waals surface area contributed by atoms with Crippen LogP contribution in [0.5, 0.6) is 0 Å². The highest BCUT2D eigenvalue weighted by Gasteiger charge is 2.17. The fourth-order valence-corrected chi connectivity index (χ4v) is 2.49. The number of amides is 2. The molecule has 0 fully saturated rings. The topological polar surface area (TPSA) is 66.9 Å². The summed E-state index contributed by atoms with van der Waals surface area (Å²) in [7, 11) is 0. The van der Waals surface area contributed by atoms with Gasteiger partial charge in [0.05, 0.1) is 24.1 Å². The van der Waals surface area contributed by atoms with E-state index in [9.17, 15) is 4.79 Å². The summed E-state index contributed by atoms with van der Waals surface area (Å²) in [6, 6.07) is 3.68. The van der Waals surface area contributed by atoms with Crippen molar-refractivity contribution in [1.82, 2.24) is 15.3 Å². The molecule has 0 aromatic carbocycles. The van der Waals surface area contributed by atoms with Crippen molar-refractivity contribution in [1.29, 1.82) is 0 Å². The summed E-state index contributed by atoms with van der Waals surface area (Å²) in [5.74, 6) is 0.750. The van der Waals surface area contributed by atoms with E-state index in [-0.39, 0.29) is 17.5 Å². The average Bonchev–Trinajstić information content (AvgIpc) is 2.92. The normalized spacial score (nSPS) is 12.8. The first-order chi connectivity index (χ1) is 9.86. The van der Waals surface area contributed by atoms with Crippen LogP contribution in [0.15, 0.2) is 29.9 Å². The van der Waals surface area contributed by atoms with Crippen molar-refractivity contribution in [2.24, 2.45) is 0 Å². The third-order valence-corrected chi connectivity index (χ3v) is 3.95. The first kappa shape index (κ1) is 15.4. The molecule has 5 nitrogen and oxygen atoms in total. The molecule has 0 radical (unpaired) electrons. The van der Waals surface area contributed by atoms with Crippen LogP contribution in [0.3, 0.4) is 0 Å². The van der Waals surface area contributed by atoms with Gasteiger partial charge in [0.2, 0.25) is 0 Å². The monoisotopic (exact) mass is 304 g/mol. The lowest BCUT2D eigenvalue weighted by atomic mass is 9.96. The number of thiophene rings is 1. The maximum atomic E-state index is 11.9. The van der Waals surface area contributed by atoms with Crippen molar-refractivity contribution in [3.05, 3.63) is 40.6 Å². The van der Waals surface area contributed by atoms with Crippen LogP contribution in [-0.2, 0) is 5.41 Å². The zero-order chi connectivity index (χ0) is 15.5. The minimum Gasteiger partial charge on any atom is -0.331 e. The highest BCUT2D eigenvalue weighted by atomic mass is 32.1. The summed E-state index contributed by atoms with van der Waals surface area (Å²) in [6.07, 6.45) is 3.26. The van der Waals surface area contributed by atoms with Gasteiger partial charge < -0.3 is 10.6 Å². The Bertz CT molecular complexity index is 587. The zero-order valence-electron chi connectivity index (χ0n) is 12.7. The fraction of sp³-hybridized carbons (Fsp3) is 0.400. The lowest BCUT2D eigenvalue weighted by Crippen LogP contribution is -2.31. The van der Waals surface area contributed by atoms with Crippen LogP contribution < -0.4 is 10.6 Å². The minimum atomic E-state index is -0.261. The summed E-state index contributed by atoms with van der Waals surface area (Å²) < 4.78 is 0. The summed E-state index contributed by atoms with van der Waals surface area (Å²) in [5.41, 5.74) is 0.480. The smallest absolute Gasteiger partial charge is 0.319 e. The Balaban J connectivity index is 1.94. The summed E-state index contributed by atoms with van der Waals surface area (Å²) in [6.45, 7) is 8.09. The molecule has 0 spiro atoms. The molecule has 1 unspecified atom stereocenters. The van der Waals surface area contributed by atoms with E-state index in [4.69, 9.17) is 0 Å². The molecule has 2 heterocycles. The number of hydrogen-bond acceptors (Lipinski definition) is 4. The Hall–Kier alpha value is -1.95. The van der Waals surface area contributed by atoms with Crippen molar-refractivity contribution < 1.29 is 4.79 Å². The van der Waals surface area contributed by atoms with Crippen LogP contribution in [0.4, 0.5) is 10.5 Å². The van der Waals surface area contributed by atoms with Crippen molar-refractivity contribution in [3.8, 4) is 0 Å². The van der Waals surface area contributed by atoms with Crippen LogP contribution >= 0.6 is 11.3 Å². The number of nitrogens with one attached hydrogen (secondary N) is 2. The molecule has 0 aliphatic carbocycles. The largest absolute Gasteiger partial charge is 0.331 e. The molecular weight excluding hydrogens is 284 g/mol. The Morgan fingerprint density at radius 1 is 1.29 bits per heavy atom. The first-order valence-electron chi connectivity index (χ1n) is 6.79. The maximum Gasteiger partial charge on any atom is 0.319 e. The predicted octanol–water partition coefficient (Wildman–Crippen LogP) is 3.72. The van der Waals surface area contributed by atoms with Gasteiger partial charge >= 0.3 is 6.03 Å². The highest BCUT2D eigenvalue weighted by molar-refractivity contribution is 7.10. The molecule has 2 aromatic rings. The second-order valence-corrected chi connectivity index (χ2v) is 6.86. The molecule has 0 aliphatic heterocycles. The Kier molecular flexibility index (Phi) is 4.57. The Morgan fingerprint density at radius 3 is 2.48 bits per heavy atom. The highest BCUT2D eigenvalue weighted by Crippen LogP contribution is 2.19. The lowest BCUT2D eigenvalue weighted by Gasteiger charge is -2.16. The lowest BCUT2D eigenvalue weighted by molar-refractivity contribution is 0.249. The van der Waals surface area contributed by atoms with Gasteiger partial charge in [0.25, 0.3) is 0 Å². The van der Waals surface area contributed by atoms with Gasteiger partial charge in [-0.25, -0.2) is 14.8 Å². The molecule has 0 bridgehead atoms. The number of nitrogens with zero attached hydrogens (tertiary/aromatic N) is 2. The van der Waals surface area contributed by atoms with Gasteiger partial charge in [-0.15, -0.1) is 11.3 Å². The average molecular weight is 304 g/mol. The van der Waals surface area contributed by atoms with E-state index in [1.165, 1.54) is 0 Å². The van der Waals surface area contributed by atoms with Crippen molar-refractivity contribution in [2.45, 2.75) is 39.2 Å². The number of rotatable bonds is 3. The molecule has 112 valence electrons. The van der Waals surface area contributed by atoms with Crippen LogP contribution in [-0.4, -0.2) is 16.0 Å².